The number of carboxylic acids is 1. The van der Waals surface area contributed by atoms with Crippen molar-refractivity contribution in [2.75, 3.05) is 7.05 Å². The number of hydrogen-bond acceptors (Lipinski definition) is 3. The minimum atomic E-state index is -1.11. The van der Waals surface area contributed by atoms with Crippen molar-refractivity contribution < 1.29 is 9.90 Å². The molecule has 1 aliphatic rings. The molecule has 0 aromatic heterocycles. The standard InChI is InChI=1S/C11H22N2O2/c1-8(7-11(2,12)10(14)15)13(3)9-5-4-6-9/h8-9H,4-7,12H2,1-3H3,(H,14,15). The summed E-state index contributed by atoms with van der Waals surface area (Å²) in [4.78, 5) is 13.2. The predicted octanol–water partition coefficient (Wildman–Crippen LogP) is 1.05. The van der Waals surface area contributed by atoms with Gasteiger partial charge in [0.05, 0.1) is 0 Å². The van der Waals surface area contributed by atoms with Gasteiger partial charge in [-0.2, -0.15) is 0 Å². The molecule has 0 aromatic rings. The summed E-state index contributed by atoms with van der Waals surface area (Å²) in [6.45, 7) is 3.63. The lowest BCUT2D eigenvalue weighted by Gasteiger charge is -2.40. The van der Waals surface area contributed by atoms with E-state index in [9.17, 15) is 4.79 Å². The second-order valence-electron chi connectivity index (χ2n) is 5.03. The third kappa shape index (κ3) is 2.92. The maximum atomic E-state index is 10.9. The van der Waals surface area contributed by atoms with Gasteiger partial charge in [0.1, 0.15) is 5.54 Å². The van der Waals surface area contributed by atoms with E-state index in [0.29, 0.717) is 12.5 Å². The number of hydrogen-bond donors (Lipinski definition) is 2. The molecule has 0 aliphatic heterocycles. The highest BCUT2D eigenvalue weighted by Crippen LogP contribution is 2.27. The van der Waals surface area contributed by atoms with E-state index < -0.39 is 11.5 Å². The van der Waals surface area contributed by atoms with Gasteiger partial charge < -0.3 is 15.7 Å². The molecule has 1 saturated carbocycles. The lowest BCUT2D eigenvalue weighted by molar-refractivity contribution is -0.143. The molecular formula is C11H22N2O2. The zero-order valence-electron chi connectivity index (χ0n) is 9.86. The first-order chi connectivity index (χ1) is 6.84. The van der Waals surface area contributed by atoms with Crippen LogP contribution in [0.25, 0.3) is 0 Å². The molecule has 0 heterocycles. The molecule has 0 bridgehead atoms. The topological polar surface area (TPSA) is 66.6 Å². The van der Waals surface area contributed by atoms with Gasteiger partial charge in [0.15, 0.2) is 0 Å². The highest BCUT2D eigenvalue weighted by molar-refractivity contribution is 5.77. The Kier molecular flexibility index (Phi) is 3.73. The van der Waals surface area contributed by atoms with Gasteiger partial charge in [0, 0.05) is 12.1 Å². The Morgan fingerprint density at radius 3 is 2.53 bits per heavy atom. The molecule has 3 N–H and O–H groups in total. The first-order valence-electron chi connectivity index (χ1n) is 5.59. The van der Waals surface area contributed by atoms with Crippen molar-refractivity contribution in [3.63, 3.8) is 0 Å². The number of carboxylic acid groups (broad SMARTS) is 1. The Balaban J connectivity index is 2.46. The molecule has 0 aromatic carbocycles. The highest BCUT2D eigenvalue weighted by atomic mass is 16.4. The molecule has 1 aliphatic carbocycles. The zero-order valence-corrected chi connectivity index (χ0v) is 9.86. The van der Waals surface area contributed by atoms with Crippen LogP contribution in [0, 0.1) is 0 Å². The van der Waals surface area contributed by atoms with E-state index in [2.05, 4.69) is 11.9 Å². The number of carbonyl (C=O) groups is 1. The maximum Gasteiger partial charge on any atom is 0.323 e. The summed E-state index contributed by atoms with van der Waals surface area (Å²) in [7, 11) is 2.06. The molecule has 0 radical (unpaired) electrons. The summed E-state index contributed by atoms with van der Waals surface area (Å²) < 4.78 is 0. The van der Waals surface area contributed by atoms with Gasteiger partial charge in [0.25, 0.3) is 0 Å². The molecule has 0 spiro atoms. The minimum Gasteiger partial charge on any atom is -0.480 e. The van der Waals surface area contributed by atoms with E-state index in [1.165, 1.54) is 19.3 Å². The van der Waals surface area contributed by atoms with Gasteiger partial charge in [-0.1, -0.05) is 6.42 Å². The highest BCUT2D eigenvalue weighted by Gasteiger charge is 2.33. The number of nitrogens with zero attached hydrogens (tertiary/aromatic N) is 1. The third-order valence-corrected chi connectivity index (χ3v) is 3.55. The van der Waals surface area contributed by atoms with Crippen molar-refractivity contribution in [1.82, 2.24) is 4.90 Å². The lowest BCUT2D eigenvalue weighted by atomic mass is 9.88. The van der Waals surface area contributed by atoms with Crippen molar-refractivity contribution in [2.45, 2.75) is 57.2 Å². The van der Waals surface area contributed by atoms with Crippen LogP contribution < -0.4 is 5.73 Å². The van der Waals surface area contributed by atoms with Gasteiger partial charge in [0.2, 0.25) is 0 Å². The predicted molar refractivity (Wildman–Crippen MR) is 59.7 cm³/mol. The van der Waals surface area contributed by atoms with Crippen molar-refractivity contribution in [3.05, 3.63) is 0 Å². The van der Waals surface area contributed by atoms with Crippen LogP contribution in [0.2, 0.25) is 0 Å². The van der Waals surface area contributed by atoms with Gasteiger partial charge in [-0.05, 0) is 40.2 Å². The maximum absolute atomic E-state index is 10.9. The average molecular weight is 214 g/mol. The summed E-state index contributed by atoms with van der Waals surface area (Å²) in [5.41, 5.74) is 4.62. The van der Waals surface area contributed by atoms with Crippen LogP contribution in [0.4, 0.5) is 0 Å². The SMILES string of the molecule is CC(CC(C)(N)C(=O)O)N(C)C1CCC1. The zero-order chi connectivity index (χ0) is 11.6. The van der Waals surface area contributed by atoms with Crippen molar-refractivity contribution in [1.29, 1.82) is 0 Å². The summed E-state index contributed by atoms with van der Waals surface area (Å²) in [5.74, 6) is -0.920. The van der Waals surface area contributed by atoms with E-state index in [0.717, 1.165) is 0 Å². The van der Waals surface area contributed by atoms with Gasteiger partial charge in [-0.3, -0.25) is 4.79 Å². The van der Waals surface area contributed by atoms with Crippen LogP contribution in [0.3, 0.4) is 0 Å². The summed E-state index contributed by atoms with van der Waals surface area (Å²) >= 11 is 0. The Morgan fingerprint density at radius 2 is 2.20 bits per heavy atom. The second-order valence-corrected chi connectivity index (χ2v) is 5.03. The van der Waals surface area contributed by atoms with Crippen LogP contribution in [0.15, 0.2) is 0 Å². The Morgan fingerprint density at radius 1 is 1.67 bits per heavy atom. The van der Waals surface area contributed by atoms with Crippen LogP contribution in [-0.2, 0) is 4.79 Å². The van der Waals surface area contributed by atoms with Crippen molar-refractivity contribution in [3.8, 4) is 0 Å². The smallest absolute Gasteiger partial charge is 0.323 e. The summed E-state index contributed by atoms with van der Waals surface area (Å²) in [5, 5.41) is 8.94. The normalized spacial score (nSPS) is 23.3. The molecule has 0 saturated heterocycles. The van der Waals surface area contributed by atoms with Crippen LogP contribution >= 0.6 is 0 Å². The fourth-order valence-corrected chi connectivity index (χ4v) is 2.00. The Bertz CT molecular complexity index is 237. The number of nitrogens with two attached hydrogens (primary N) is 1. The molecule has 2 unspecified atom stereocenters. The van der Waals surface area contributed by atoms with Crippen LogP contribution in [0.5, 0.6) is 0 Å². The fourth-order valence-electron chi connectivity index (χ4n) is 2.00. The summed E-state index contributed by atoms with van der Waals surface area (Å²) in [6, 6.07) is 0.853. The third-order valence-electron chi connectivity index (χ3n) is 3.55. The molecule has 1 rings (SSSR count). The average Bonchev–Trinajstić information content (AvgIpc) is 1.99. The van der Waals surface area contributed by atoms with E-state index in [-0.39, 0.29) is 6.04 Å². The Hall–Kier alpha value is -0.610. The molecule has 1 fully saturated rings. The molecule has 4 nitrogen and oxygen atoms in total. The lowest BCUT2D eigenvalue weighted by Crippen LogP contribution is -2.52. The molecule has 88 valence electrons. The van der Waals surface area contributed by atoms with E-state index >= 15 is 0 Å². The first kappa shape index (κ1) is 12.5. The fraction of sp³-hybridized carbons (Fsp3) is 0.909. The molecular weight excluding hydrogens is 192 g/mol. The monoisotopic (exact) mass is 214 g/mol. The summed E-state index contributed by atoms with van der Waals surface area (Å²) in [6.07, 6.45) is 4.25. The van der Waals surface area contributed by atoms with Crippen molar-refractivity contribution in [2.24, 2.45) is 5.73 Å². The van der Waals surface area contributed by atoms with E-state index in [1.54, 1.807) is 6.92 Å². The largest absolute Gasteiger partial charge is 0.480 e. The van der Waals surface area contributed by atoms with Crippen LogP contribution in [-0.4, -0.2) is 40.6 Å². The second kappa shape index (κ2) is 4.49. The number of rotatable bonds is 5. The quantitative estimate of drug-likeness (QED) is 0.718. The molecule has 0 amide bonds. The Labute approximate surface area is 91.4 Å². The molecule has 2 atom stereocenters. The van der Waals surface area contributed by atoms with Crippen molar-refractivity contribution >= 4 is 5.97 Å². The minimum absolute atomic E-state index is 0.224. The van der Waals surface area contributed by atoms with Gasteiger partial charge in [-0.25, -0.2) is 0 Å². The van der Waals surface area contributed by atoms with Crippen LogP contribution in [0.1, 0.15) is 39.5 Å². The first-order valence-corrected chi connectivity index (χ1v) is 5.59. The van der Waals surface area contributed by atoms with E-state index in [1.807, 2.05) is 6.92 Å². The number of aliphatic carboxylic acids is 1. The van der Waals surface area contributed by atoms with Gasteiger partial charge in [-0.15, -0.1) is 0 Å². The molecule has 15 heavy (non-hydrogen) atoms. The van der Waals surface area contributed by atoms with E-state index in [4.69, 9.17) is 10.8 Å². The molecule has 4 heteroatoms. The van der Waals surface area contributed by atoms with Gasteiger partial charge >= 0.3 is 5.97 Å².